The molecule has 0 aliphatic rings. The van der Waals surface area contributed by atoms with Crippen LogP contribution in [0.3, 0.4) is 0 Å². The molecule has 2 N–H and O–H groups in total. The molecule has 0 aliphatic carbocycles. The maximum absolute atomic E-state index is 12.9. The van der Waals surface area contributed by atoms with Crippen molar-refractivity contribution in [3.63, 3.8) is 0 Å². The van der Waals surface area contributed by atoms with Gasteiger partial charge in [0.2, 0.25) is 0 Å². The van der Waals surface area contributed by atoms with Crippen LogP contribution in [0.4, 0.5) is 4.39 Å². The molecule has 0 aliphatic heterocycles. The number of benzene rings is 2. The number of rotatable bonds is 2. The Kier molecular flexibility index (Phi) is 3.57. The first-order valence-electron chi connectivity index (χ1n) is 6.27. The molecule has 0 heterocycles. The zero-order valence-corrected chi connectivity index (χ0v) is 11.6. The third-order valence-corrected chi connectivity index (χ3v) is 2.97. The summed E-state index contributed by atoms with van der Waals surface area (Å²) in [6.07, 6.45) is 0. The summed E-state index contributed by atoms with van der Waals surface area (Å²) in [6.45, 7) is 6.13. The standard InChI is InChI=1S/C16H17FO3/c1-16(2,3)10-4-7-15(14(19)8-10)20-11-5-6-12(17)13(18)9-11/h4-9,18-19H,1-3H3. The Balaban J connectivity index is 2.28. The molecule has 0 amide bonds. The van der Waals surface area contributed by atoms with Gasteiger partial charge in [-0.2, -0.15) is 0 Å². The maximum atomic E-state index is 12.9. The van der Waals surface area contributed by atoms with Gasteiger partial charge in [0.25, 0.3) is 0 Å². The van der Waals surface area contributed by atoms with Crippen molar-refractivity contribution in [2.45, 2.75) is 26.2 Å². The first-order chi connectivity index (χ1) is 9.27. The molecule has 20 heavy (non-hydrogen) atoms. The van der Waals surface area contributed by atoms with Crippen LogP contribution in [0, 0.1) is 5.82 Å². The predicted octanol–water partition coefficient (Wildman–Crippen LogP) is 4.33. The van der Waals surface area contributed by atoms with Crippen molar-refractivity contribution in [3.8, 4) is 23.0 Å². The highest BCUT2D eigenvalue weighted by atomic mass is 19.1. The average Bonchev–Trinajstić information content (AvgIpc) is 2.35. The molecule has 3 nitrogen and oxygen atoms in total. The van der Waals surface area contributed by atoms with E-state index in [2.05, 4.69) is 0 Å². The second kappa shape index (κ2) is 5.04. The Morgan fingerprint density at radius 3 is 2.20 bits per heavy atom. The molecule has 0 bridgehead atoms. The highest BCUT2D eigenvalue weighted by Gasteiger charge is 2.16. The first-order valence-corrected chi connectivity index (χ1v) is 6.27. The van der Waals surface area contributed by atoms with Gasteiger partial charge in [-0.3, -0.25) is 0 Å². The third kappa shape index (κ3) is 3.02. The molecule has 2 aromatic carbocycles. The second-order valence-corrected chi connectivity index (χ2v) is 5.65. The largest absolute Gasteiger partial charge is 0.505 e. The summed E-state index contributed by atoms with van der Waals surface area (Å²) in [5, 5.41) is 19.3. The molecular formula is C16H17FO3. The van der Waals surface area contributed by atoms with Gasteiger partial charge in [0.15, 0.2) is 23.1 Å². The van der Waals surface area contributed by atoms with E-state index >= 15 is 0 Å². The second-order valence-electron chi connectivity index (χ2n) is 5.65. The van der Waals surface area contributed by atoms with Crippen molar-refractivity contribution in [1.82, 2.24) is 0 Å². The molecule has 0 spiro atoms. The summed E-state index contributed by atoms with van der Waals surface area (Å²) in [5.41, 5.74) is 0.897. The Labute approximate surface area is 117 Å². The van der Waals surface area contributed by atoms with Crippen LogP contribution < -0.4 is 4.74 Å². The minimum Gasteiger partial charge on any atom is -0.505 e. The summed E-state index contributed by atoms with van der Waals surface area (Å²) in [7, 11) is 0. The minimum absolute atomic E-state index is 0.00115. The fraction of sp³-hybridized carbons (Fsp3) is 0.250. The van der Waals surface area contributed by atoms with Crippen molar-refractivity contribution in [1.29, 1.82) is 0 Å². The van der Waals surface area contributed by atoms with Crippen molar-refractivity contribution < 1.29 is 19.3 Å². The van der Waals surface area contributed by atoms with Gasteiger partial charge in [-0.05, 0) is 35.2 Å². The van der Waals surface area contributed by atoms with E-state index in [4.69, 9.17) is 4.74 Å². The SMILES string of the molecule is CC(C)(C)c1ccc(Oc2ccc(F)c(O)c2)c(O)c1. The molecule has 0 fully saturated rings. The van der Waals surface area contributed by atoms with Crippen LogP contribution >= 0.6 is 0 Å². The Bertz CT molecular complexity index is 630. The number of hydrogen-bond donors (Lipinski definition) is 2. The van der Waals surface area contributed by atoms with Gasteiger partial charge < -0.3 is 14.9 Å². The fourth-order valence-electron chi connectivity index (χ4n) is 1.75. The van der Waals surface area contributed by atoms with E-state index in [1.807, 2.05) is 26.8 Å². The third-order valence-electron chi connectivity index (χ3n) is 2.97. The molecule has 0 radical (unpaired) electrons. The summed E-state index contributed by atoms with van der Waals surface area (Å²) in [4.78, 5) is 0. The van der Waals surface area contributed by atoms with Crippen molar-refractivity contribution in [2.75, 3.05) is 0 Å². The topological polar surface area (TPSA) is 49.7 Å². The molecule has 4 heteroatoms. The lowest BCUT2D eigenvalue weighted by molar-refractivity contribution is 0.399. The molecule has 0 unspecified atom stereocenters. The summed E-state index contributed by atoms with van der Waals surface area (Å²) < 4.78 is 18.4. The van der Waals surface area contributed by atoms with Crippen molar-refractivity contribution in [3.05, 3.63) is 47.8 Å². The smallest absolute Gasteiger partial charge is 0.169 e. The number of hydrogen-bond acceptors (Lipinski definition) is 3. The number of halogens is 1. The van der Waals surface area contributed by atoms with Crippen LogP contribution in [0.15, 0.2) is 36.4 Å². The van der Waals surface area contributed by atoms with E-state index in [1.165, 1.54) is 6.07 Å². The number of aromatic hydroxyl groups is 2. The molecule has 2 aromatic rings. The lowest BCUT2D eigenvalue weighted by atomic mass is 9.87. The van der Waals surface area contributed by atoms with Gasteiger partial charge >= 0.3 is 0 Å². The number of phenolic OH excluding ortho intramolecular Hbond substituents is 2. The Morgan fingerprint density at radius 2 is 1.65 bits per heavy atom. The summed E-state index contributed by atoms with van der Waals surface area (Å²) >= 11 is 0. The molecule has 106 valence electrons. The van der Waals surface area contributed by atoms with Gasteiger partial charge in [0.1, 0.15) is 5.75 Å². The quantitative estimate of drug-likeness (QED) is 0.858. The zero-order chi connectivity index (χ0) is 14.9. The van der Waals surface area contributed by atoms with Gasteiger partial charge in [0.05, 0.1) is 0 Å². The minimum atomic E-state index is -0.718. The van der Waals surface area contributed by atoms with Gasteiger partial charge in [-0.15, -0.1) is 0 Å². The van der Waals surface area contributed by atoms with Gasteiger partial charge in [-0.1, -0.05) is 26.8 Å². The highest BCUT2D eigenvalue weighted by Crippen LogP contribution is 2.35. The molecule has 2 rings (SSSR count). The van der Waals surface area contributed by atoms with Crippen LogP contribution in [-0.2, 0) is 5.41 Å². The Morgan fingerprint density at radius 1 is 0.950 bits per heavy atom. The van der Waals surface area contributed by atoms with Crippen LogP contribution in [0.5, 0.6) is 23.0 Å². The number of phenols is 2. The maximum Gasteiger partial charge on any atom is 0.169 e. The van der Waals surface area contributed by atoms with E-state index in [9.17, 15) is 14.6 Å². The number of ether oxygens (including phenoxy) is 1. The van der Waals surface area contributed by atoms with Crippen LogP contribution in [0.2, 0.25) is 0 Å². The monoisotopic (exact) mass is 276 g/mol. The van der Waals surface area contributed by atoms with E-state index in [0.29, 0.717) is 0 Å². The molecule has 0 atom stereocenters. The predicted molar refractivity (Wildman–Crippen MR) is 74.9 cm³/mol. The van der Waals surface area contributed by atoms with Crippen LogP contribution in [-0.4, -0.2) is 10.2 Å². The van der Waals surface area contributed by atoms with Crippen molar-refractivity contribution in [2.24, 2.45) is 0 Å². The zero-order valence-electron chi connectivity index (χ0n) is 11.6. The normalized spacial score (nSPS) is 11.4. The van der Waals surface area contributed by atoms with Crippen LogP contribution in [0.25, 0.3) is 0 Å². The van der Waals surface area contributed by atoms with E-state index < -0.39 is 11.6 Å². The van der Waals surface area contributed by atoms with Gasteiger partial charge in [0, 0.05) is 6.07 Å². The average molecular weight is 276 g/mol. The van der Waals surface area contributed by atoms with E-state index in [0.717, 1.165) is 17.7 Å². The lowest BCUT2D eigenvalue weighted by Gasteiger charge is -2.20. The van der Waals surface area contributed by atoms with E-state index in [1.54, 1.807) is 12.1 Å². The molecular weight excluding hydrogens is 259 g/mol. The summed E-state index contributed by atoms with van der Waals surface area (Å²) in [6, 6.07) is 8.79. The van der Waals surface area contributed by atoms with E-state index in [-0.39, 0.29) is 22.7 Å². The highest BCUT2D eigenvalue weighted by molar-refractivity contribution is 5.46. The summed E-state index contributed by atoms with van der Waals surface area (Å²) in [5.74, 6) is -0.703. The van der Waals surface area contributed by atoms with Crippen LogP contribution in [0.1, 0.15) is 26.3 Å². The molecule has 0 saturated heterocycles. The lowest BCUT2D eigenvalue weighted by Crippen LogP contribution is -2.10. The fourth-order valence-corrected chi connectivity index (χ4v) is 1.75. The molecule has 0 aromatic heterocycles. The first kappa shape index (κ1) is 14.2. The Hall–Kier alpha value is -2.23. The molecule has 0 saturated carbocycles. The van der Waals surface area contributed by atoms with Crippen molar-refractivity contribution >= 4 is 0 Å². The van der Waals surface area contributed by atoms with Gasteiger partial charge in [-0.25, -0.2) is 4.39 Å².